The molecule has 6 nitrogen and oxygen atoms in total. The van der Waals surface area contributed by atoms with Crippen molar-refractivity contribution in [3.63, 3.8) is 0 Å². The van der Waals surface area contributed by atoms with Crippen LogP contribution in [0.5, 0.6) is 0 Å². The van der Waals surface area contributed by atoms with Crippen LogP contribution >= 0.6 is 11.6 Å². The number of nitrogens with zero attached hydrogens (tertiary/aromatic N) is 3. The van der Waals surface area contributed by atoms with Crippen molar-refractivity contribution in [3.8, 4) is 0 Å². The largest absolute Gasteiger partial charge is 0.350 e. The predicted octanol–water partition coefficient (Wildman–Crippen LogP) is 6.73. The molecule has 4 aromatic carbocycles. The number of carbonyl (C=O) groups is 1. The van der Waals surface area contributed by atoms with Gasteiger partial charge in [-0.1, -0.05) is 96.5 Å². The van der Waals surface area contributed by atoms with Crippen LogP contribution < -0.4 is 4.90 Å². The Morgan fingerprint density at radius 1 is 0.872 bits per heavy atom. The van der Waals surface area contributed by atoms with E-state index in [1.165, 1.54) is 0 Å². The molecule has 5 aromatic rings. The molecule has 2 heterocycles. The molecule has 1 aliphatic rings. The topological polar surface area (TPSA) is 68.4 Å². The molecule has 0 spiro atoms. The van der Waals surface area contributed by atoms with Gasteiger partial charge in [0.1, 0.15) is 5.41 Å². The highest BCUT2D eigenvalue weighted by Crippen LogP contribution is 2.56. The molecule has 7 heteroatoms. The summed E-state index contributed by atoms with van der Waals surface area (Å²) in [6, 6.07) is 32.5. The van der Waals surface area contributed by atoms with E-state index < -0.39 is 17.9 Å². The van der Waals surface area contributed by atoms with E-state index in [4.69, 9.17) is 11.6 Å². The number of fused-ring (bicyclic) bond motifs is 2. The third-order valence-corrected chi connectivity index (χ3v) is 8.19. The number of aromatic nitrogens is 1. The minimum absolute atomic E-state index is 0.198. The number of benzene rings is 4. The van der Waals surface area contributed by atoms with E-state index >= 15 is 4.79 Å². The number of carbonyl (C=O) groups excluding carboxylic acids is 1. The van der Waals surface area contributed by atoms with E-state index in [0.29, 0.717) is 17.1 Å². The van der Waals surface area contributed by atoms with Gasteiger partial charge in [-0.3, -0.25) is 14.9 Å². The quantitative estimate of drug-likeness (QED) is 0.171. The summed E-state index contributed by atoms with van der Waals surface area (Å²) >= 11 is 6.74. The predicted molar refractivity (Wildman–Crippen MR) is 154 cm³/mol. The zero-order chi connectivity index (χ0) is 27.1. The van der Waals surface area contributed by atoms with Crippen LogP contribution in [0.1, 0.15) is 28.2 Å². The molecule has 39 heavy (non-hydrogen) atoms. The highest BCUT2D eigenvalue weighted by atomic mass is 35.5. The Hall–Kier alpha value is -4.42. The smallest absolute Gasteiger partial charge is 0.243 e. The molecule has 0 saturated carbocycles. The average Bonchev–Trinajstić information content (AvgIpc) is 3.40. The first kappa shape index (κ1) is 24.9. The van der Waals surface area contributed by atoms with Crippen LogP contribution in [0, 0.1) is 10.1 Å². The standard InChI is InChI=1S/C32H26ClN3O3/c1-34-20-26(24-14-6-9-17-29(24)34)32(27(21-36(38)39)23-13-5-8-16-28(23)33)25-15-7-10-18-30(25)35(31(32)37)19-22-11-3-2-4-12-22/h2-18,20,27H,19,21H2,1H3/t27-,32+/m1/s1. The monoisotopic (exact) mass is 535 g/mol. The molecule has 0 fully saturated rings. The molecule has 0 aliphatic carbocycles. The maximum Gasteiger partial charge on any atom is 0.243 e. The summed E-state index contributed by atoms with van der Waals surface area (Å²) in [7, 11) is 1.94. The second-order valence-electron chi connectivity index (χ2n) is 9.96. The molecule has 194 valence electrons. The lowest BCUT2D eigenvalue weighted by molar-refractivity contribution is -0.484. The molecule has 0 unspecified atom stereocenters. The third-order valence-electron chi connectivity index (χ3n) is 7.84. The fourth-order valence-electron chi connectivity index (χ4n) is 6.22. The van der Waals surface area contributed by atoms with Gasteiger partial charge in [0.25, 0.3) is 0 Å². The number of rotatable bonds is 7. The molecule has 0 bridgehead atoms. The molecule has 1 amide bonds. The maximum absolute atomic E-state index is 15.1. The summed E-state index contributed by atoms with van der Waals surface area (Å²) in [4.78, 5) is 28.9. The van der Waals surface area contributed by atoms with Gasteiger partial charge < -0.3 is 9.47 Å². The van der Waals surface area contributed by atoms with Crippen molar-refractivity contribution in [1.29, 1.82) is 0 Å². The number of amides is 1. The number of anilines is 1. The van der Waals surface area contributed by atoms with Gasteiger partial charge in [0, 0.05) is 39.8 Å². The molecule has 1 aromatic heterocycles. The molecular weight excluding hydrogens is 510 g/mol. The maximum atomic E-state index is 15.1. The SMILES string of the molecule is Cn1cc([C@@]2([C@H](C[N+](=O)[O-])c3ccccc3Cl)C(=O)N(Cc3ccccc3)c3ccccc32)c2ccccc21. The van der Waals surface area contributed by atoms with Gasteiger partial charge in [-0.05, 0) is 40.5 Å². The molecule has 2 atom stereocenters. The Bertz CT molecular complexity index is 1710. The fraction of sp³-hybridized carbons (Fsp3) is 0.156. The van der Waals surface area contributed by atoms with E-state index in [1.807, 2.05) is 103 Å². The van der Waals surface area contributed by atoms with Crippen molar-refractivity contribution in [1.82, 2.24) is 4.57 Å². The number of para-hydroxylation sites is 2. The molecule has 1 aliphatic heterocycles. The molecule has 0 saturated heterocycles. The summed E-state index contributed by atoms with van der Waals surface area (Å²) in [5.41, 5.74) is 3.34. The van der Waals surface area contributed by atoms with Gasteiger partial charge in [0.2, 0.25) is 12.5 Å². The first-order chi connectivity index (χ1) is 18.9. The minimum Gasteiger partial charge on any atom is -0.350 e. The van der Waals surface area contributed by atoms with E-state index in [-0.39, 0.29) is 10.8 Å². The second kappa shape index (κ2) is 9.71. The van der Waals surface area contributed by atoms with Gasteiger partial charge in [0.05, 0.1) is 12.5 Å². The fourth-order valence-corrected chi connectivity index (χ4v) is 6.49. The lowest BCUT2D eigenvalue weighted by Crippen LogP contribution is -2.47. The number of aryl methyl sites for hydroxylation is 1. The van der Waals surface area contributed by atoms with Crippen LogP contribution in [0.2, 0.25) is 5.02 Å². The Morgan fingerprint density at radius 2 is 1.54 bits per heavy atom. The number of nitro groups is 1. The first-order valence-corrected chi connectivity index (χ1v) is 13.2. The summed E-state index contributed by atoms with van der Waals surface area (Å²) < 4.78 is 1.98. The van der Waals surface area contributed by atoms with Gasteiger partial charge in [-0.25, -0.2) is 0 Å². The lowest BCUT2D eigenvalue weighted by atomic mass is 9.64. The zero-order valence-corrected chi connectivity index (χ0v) is 22.1. The van der Waals surface area contributed by atoms with Gasteiger partial charge in [-0.2, -0.15) is 0 Å². The van der Waals surface area contributed by atoms with Crippen molar-refractivity contribution < 1.29 is 9.72 Å². The number of hydrogen-bond acceptors (Lipinski definition) is 3. The van der Waals surface area contributed by atoms with E-state index in [1.54, 1.807) is 23.1 Å². The zero-order valence-electron chi connectivity index (χ0n) is 21.3. The number of halogens is 1. The summed E-state index contributed by atoms with van der Waals surface area (Å²) in [5.74, 6) is -1.06. The van der Waals surface area contributed by atoms with Gasteiger partial charge in [0.15, 0.2) is 0 Å². The van der Waals surface area contributed by atoms with Crippen LogP contribution in [0.4, 0.5) is 5.69 Å². The van der Waals surface area contributed by atoms with Crippen LogP contribution in [0.25, 0.3) is 10.9 Å². The van der Waals surface area contributed by atoms with Gasteiger partial charge in [-0.15, -0.1) is 0 Å². The van der Waals surface area contributed by atoms with Crippen LogP contribution in [-0.4, -0.2) is 21.9 Å². The van der Waals surface area contributed by atoms with Crippen molar-refractivity contribution in [3.05, 3.63) is 147 Å². The highest BCUT2D eigenvalue weighted by Gasteiger charge is 2.59. The van der Waals surface area contributed by atoms with E-state index in [2.05, 4.69) is 0 Å². The molecule has 6 rings (SSSR count). The normalized spacial score (nSPS) is 17.4. The second-order valence-corrected chi connectivity index (χ2v) is 10.4. The van der Waals surface area contributed by atoms with E-state index in [9.17, 15) is 10.1 Å². The Morgan fingerprint density at radius 3 is 2.31 bits per heavy atom. The summed E-state index contributed by atoms with van der Waals surface area (Å²) in [5, 5.41) is 13.6. The van der Waals surface area contributed by atoms with Crippen molar-refractivity contribution in [2.75, 3.05) is 11.4 Å². The van der Waals surface area contributed by atoms with Crippen molar-refractivity contribution in [2.24, 2.45) is 7.05 Å². The Labute approximate surface area is 231 Å². The van der Waals surface area contributed by atoms with Gasteiger partial charge >= 0.3 is 0 Å². The summed E-state index contributed by atoms with van der Waals surface area (Å²) in [6.45, 7) is -0.122. The average molecular weight is 536 g/mol. The van der Waals surface area contributed by atoms with Crippen LogP contribution in [-0.2, 0) is 23.8 Å². The highest BCUT2D eigenvalue weighted by molar-refractivity contribution is 6.31. The molecular formula is C32H26ClN3O3. The molecule has 0 N–H and O–H groups in total. The number of hydrogen-bond donors (Lipinski definition) is 0. The Kier molecular flexibility index (Phi) is 6.20. The third kappa shape index (κ3) is 3.91. The molecule has 0 radical (unpaired) electrons. The minimum atomic E-state index is -1.38. The first-order valence-electron chi connectivity index (χ1n) is 12.8. The Balaban J connectivity index is 1.71. The summed E-state index contributed by atoms with van der Waals surface area (Å²) in [6.07, 6.45) is 1.95. The van der Waals surface area contributed by atoms with Crippen molar-refractivity contribution >= 4 is 34.1 Å². The van der Waals surface area contributed by atoms with E-state index in [0.717, 1.165) is 33.3 Å². The van der Waals surface area contributed by atoms with Crippen molar-refractivity contribution in [2.45, 2.75) is 17.9 Å². The lowest BCUT2D eigenvalue weighted by Gasteiger charge is -2.35. The van der Waals surface area contributed by atoms with Crippen LogP contribution in [0.15, 0.2) is 109 Å². The van der Waals surface area contributed by atoms with Crippen LogP contribution in [0.3, 0.4) is 0 Å².